The maximum atomic E-state index is 12.5. The fourth-order valence-corrected chi connectivity index (χ4v) is 2.10. The van der Waals surface area contributed by atoms with Crippen molar-refractivity contribution in [3.8, 4) is 0 Å². The van der Waals surface area contributed by atoms with Gasteiger partial charge in [0, 0.05) is 0 Å². The van der Waals surface area contributed by atoms with Gasteiger partial charge in [0.1, 0.15) is 12.1 Å². The Bertz CT molecular complexity index is 1120. The molecule has 1 atom stereocenters. The SMILES string of the molecule is O=C(N=c1ncn(CC(COC(=O)C(F)(F)F)OC(=O)C(F)(F)F)c2nc[nH]c12)C(F)(F)F. The number of hydrogen-bond acceptors (Lipinski definition) is 7. The third-order valence-electron chi connectivity index (χ3n) is 3.42. The Labute approximate surface area is 174 Å². The van der Waals surface area contributed by atoms with Gasteiger partial charge in [-0.15, -0.1) is 0 Å². The second-order valence-electron chi connectivity index (χ2n) is 5.86. The van der Waals surface area contributed by atoms with Crippen molar-refractivity contribution in [3.63, 3.8) is 0 Å². The van der Waals surface area contributed by atoms with E-state index >= 15 is 0 Å². The molecule has 2 aromatic heterocycles. The molecule has 0 saturated heterocycles. The minimum atomic E-state index is -5.56. The monoisotopic (exact) mass is 497 g/mol. The molecule has 0 aliphatic rings. The molecule has 1 amide bonds. The molecular weight excluding hydrogens is 489 g/mol. The summed E-state index contributed by atoms with van der Waals surface area (Å²) in [6.07, 6.45) is -17.1. The fourth-order valence-electron chi connectivity index (χ4n) is 2.10. The molecule has 0 spiro atoms. The number of aromatic amines is 1. The summed E-state index contributed by atoms with van der Waals surface area (Å²) in [6.45, 7) is -2.44. The number of imidazole rings is 1. The third-order valence-corrected chi connectivity index (χ3v) is 3.42. The van der Waals surface area contributed by atoms with E-state index in [4.69, 9.17) is 0 Å². The van der Waals surface area contributed by atoms with Gasteiger partial charge in [-0.3, -0.25) is 4.79 Å². The highest BCUT2D eigenvalue weighted by atomic mass is 19.4. The van der Waals surface area contributed by atoms with E-state index in [0.717, 1.165) is 10.9 Å². The molecule has 2 heterocycles. The van der Waals surface area contributed by atoms with Gasteiger partial charge < -0.3 is 19.0 Å². The smallest absolute Gasteiger partial charge is 0.455 e. The molecule has 0 bridgehead atoms. The van der Waals surface area contributed by atoms with Crippen molar-refractivity contribution in [3.05, 3.63) is 18.1 Å². The second kappa shape index (κ2) is 9.06. The molecule has 182 valence electrons. The molecule has 0 aliphatic heterocycles. The van der Waals surface area contributed by atoms with Crippen LogP contribution in [0.2, 0.25) is 0 Å². The Morgan fingerprint density at radius 1 is 0.970 bits per heavy atom. The molecule has 0 aromatic carbocycles. The number of nitrogens with zero attached hydrogens (tertiary/aromatic N) is 4. The number of aromatic nitrogens is 4. The largest absolute Gasteiger partial charge is 0.490 e. The lowest BCUT2D eigenvalue weighted by molar-refractivity contribution is -0.214. The summed E-state index contributed by atoms with van der Waals surface area (Å²) in [4.78, 5) is 45.0. The molecule has 19 heteroatoms. The third kappa shape index (κ3) is 6.65. The number of alkyl halides is 9. The summed E-state index contributed by atoms with van der Waals surface area (Å²) in [5.41, 5.74) is -1.65. The van der Waals surface area contributed by atoms with E-state index in [-0.39, 0.29) is 0 Å². The summed E-state index contributed by atoms with van der Waals surface area (Å²) in [5.74, 6) is -8.16. The first-order valence-corrected chi connectivity index (χ1v) is 8.06. The van der Waals surface area contributed by atoms with Crippen molar-refractivity contribution in [1.82, 2.24) is 19.5 Å². The van der Waals surface area contributed by atoms with Gasteiger partial charge in [0.2, 0.25) is 0 Å². The van der Waals surface area contributed by atoms with Crippen LogP contribution in [-0.4, -0.2) is 68.6 Å². The molecule has 0 radical (unpaired) electrons. The van der Waals surface area contributed by atoms with Crippen molar-refractivity contribution in [2.45, 2.75) is 31.2 Å². The summed E-state index contributed by atoms with van der Waals surface area (Å²) in [6, 6.07) is 0. The lowest BCUT2D eigenvalue weighted by Crippen LogP contribution is -2.37. The van der Waals surface area contributed by atoms with Crippen LogP contribution in [-0.2, 0) is 30.4 Å². The van der Waals surface area contributed by atoms with Crippen molar-refractivity contribution in [1.29, 1.82) is 0 Å². The number of carbonyl (C=O) groups is 3. The molecule has 1 N–H and O–H groups in total. The van der Waals surface area contributed by atoms with Gasteiger partial charge in [-0.1, -0.05) is 0 Å². The quantitative estimate of drug-likeness (QED) is 0.488. The van der Waals surface area contributed by atoms with Crippen LogP contribution in [0.3, 0.4) is 0 Å². The van der Waals surface area contributed by atoms with Gasteiger partial charge in [0.15, 0.2) is 17.2 Å². The number of esters is 2. The first-order chi connectivity index (χ1) is 15.0. The number of rotatable bonds is 5. The van der Waals surface area contributed by atoms with Crippen molar-refractivity contribution < 1.29 is 63.4 Å². The Morgan fingerprint density at radius 3 is 2.12 bits per heavy atom. The van der Waals surface area contributed by atoms with E-state index in [1.807, 2.05) is 0 Å². The number of H-pyrrole nitrogens is 1. The molecular formula is C14H8F9N5O5. The lowest BCUT2D eigenvalue weighted by atomic mass is 10.3. The highest BCUT2D eigenvalue weighted by Crippen LogP contribution is 2.20. The van der Waals surface area contributed by atoms with Crippen molar-refractivity contribution in [2.24, 2.45) is 4.99 Å². The lowest BCUT2D eigenvalue weighted by Gasteiger charge is -2.20. The van der Waals surface area contributed by atoms with Gasteiger partial charge in [-0.25, -0.2) is 19.6 Å². The average Bonchev–Trinajstić information content (AvgIpc) is 3.15. The van der Waals surface area contributed by atoms with Crippen LogP contribution in [0, 0.1) is 0 Å². The molecule has 10 nitrogen and oxygen atoms in total. The van der Waals surface area contributed by atoms with Gasteiger partial charge >= 0.3 is 36.4 Å². The van der Waals surface area contributed by atoms with E-state index < -0.39 is 72.3 Å². The zero-order chi connectivity index (χ0) is 25.2. The Kier molecular flexibility index (Phi) is 7.02. The standard InChI is InChI=1S/C14H8F9N5O5/c15-12(16,17)9(29)27-7-6-8(25-3-24-6)28(4-26-7)1-5(33-11(31)14(21,22)23)2-32-10(30)13(18,19)20/h3-5H,1-2H2,(H,24,25). The maximum Gasteiger partial charge on any atom is 0.490 e. The first kappa shape index (κ1) is 25.6. The number of hydrogen-bond donors (Lipinski definition) is 1. The van der Waals surface area contributed by atoms with Crippen LogP contribution in [0.1, 0.15) is 0 Å². The van der Waals surface area contributed by atoms with E-state index in [1.54, 1.807) is 0 Å². The van der Waals surface area contributed by atoms with Gasteiger partial charge in [0.25, 0.3) is 0 Å². The Hall–Kier alpha value is -3.67. The predicted molar refractivity (Wildman–Crippen MR) is 81.5 cm³/mol. The van der Waals surface area contributed by atoms with Crippen LogP contribution in [0.25, 0.3) is 11.2 Å². The summed E-state index contributed by atoms with van der Waals surface area (Å²) >= 11 is 0. The number of ether oxygens (including phenoxy) is 2. The van der Waals surface area contributed by atoms with E-state index in [0.29, 0.717) is 6.33 Å². The molecule has 1 unspecified atom stereocenters. The summed E-state index contributed by atoms with van der Waals surface area (Å²) < 4.78 is 120. The second-order valence-corrected chi connectivity index (χ2v) is 5.86. The van der Waals surface area contributed by atoms with Crippen LogP contribution >= 0.6 is 0 Å². The molecule has 0 fully saturated rings. The van der Waals surface area contributed by atoms with E-state index in [9.17, 15) is 53.9 Å². The normalized spacial score (nSPS) is 14.3. The van der Waals surface area contributed by atoms with Crippen LogP contribution in [0.5, 0.6) is 0 Å². The number of amides is 1. The van der Waals surface area contributed by atoms with Gasteiger partial charge in [-0.05, 0) is 0 Å². The van der Waals surface area contributed by atoms with Crippen molar-refractivity contribution in [2.75, 3.05) is 6.61 Å². The molecule has 0 aliphatic carbocycles. The van der Waals surface area contributed by atoms with Crippen molar-refractivity contribution >= 4 is 29.0 Å². The minimum absolute atomic E-state index is 0.395. The maximum absolute atomic E-state index is 12.5. The average molecular weight is 497 g/mol. The zero-order valence-electron chi connectivity index (χ0n) is 15.4. The Morgan fingerprint density at radius 2 is 1.58 bits per heavy atom. The van der Waals surface area contributed by atoms with Crippen LogP contribution in [0.15, 0.2) is 17.6 Å². The van der Waals surface area contributed by atoms with Gasteiger partial charge in [-0.2, -0.15) is 44.5 Å². The predicted octanol–water partition coefficient (Wildman–Crippen LogP) is 1.33. The topological polar surface area (TPSA) is 129 Å². The molecule has 2 aromatic rings. The molecule has 0 saturated carbocycles. The minimum Gasteiger partial charge on any atom is -0.455 e. The highest BCUT2D eigenvalue weighted by molar-refractivity contribution is 5.83. The molecule has 33 heavy (non-hydrogen) atoms. The first-order valence-electron chi connectivity index (χ1n) is 8.06. The Balaban J connectivity index is 2.38. The number of fused-ring (bicyclic) bond motifs is 1. The van der Waals surface area contributed by atoms with E-state index in [1.165, 1.54) is 0 Å². The van der Waals surface area contributed by atoms with Crippen LogP contribution in [0.4, 0.5) is 39.5 Å². The number of nitrogens with one attached hydrogen (secondary N) is 1. The van der Waals surface area contributed by atoms with E-state index in [2.05, 4.69) is 29.4 Å². The van der Waals surface area contributed by atoms with Crippen LogP contribution < -0.4 is 5.49 Å². The summed E-state index contributed by atoms with van der Waals surface area (Å²) in [7, 11) is 0. The summed E-state index contributed by atoms with van der Waals surface area (Å²) in [5, 5.41) is 0. The fraction of sp³-hybridized carbons (Fsp3) is 0.429. The molecule has 2 rings (SSSR count). The zero-order valence-corrected chi connectivity index (χ0v) is 15.4. The number of halogens is 9. The van der Waals surface area contributed by atoms with Gasteiger partial charge in [0.05, 0.1) is 19.2 Å². The highest BCUT2D eigenvalue weighted by Gasteiger charge is 2.44. The number of carbonyl (C=O) groups excluding carboxylic acids is 3.